The van der Waals surface area contributed by atoms with Crippen LogP contribution in [-0.4, -0.2) is 96.1 Å². The number of fused-ring (bicyclic) bond motifs is 9. The summed E-state index contributed by atoms with van der Waals surface area (Å²) in [5, 5.41) is 0. The fraction of sp³-hybridized carbons (Fsp3) is 0.481. The molecule has 2 aliphatic rings. The third-order valence-electron chi connectivity index (χ3n) is 10.9. The van der Waals surface area contributed by atoms with E-state index in [1.807, 2.05) is 0 Å². The number of ether oxygens (including phenoxy) is 8. The largest absolute Gasteiger partial charge is 0.490 e. The molecule has 6 rings (SSSR count). The van der Waals surface area contributed by atoms with E-state index in [0.717, 1.165) is 85.9 Å². The van der Waals surface area contributed by atoms with Crippen LogP contribution in [0.25, 0.3) is 16.8 Å². The first-order chi connectivity index (χ1) is 30.5. The molecule has 0 aliphatic carbocycles. The van der Waals surface area contributed by atoms with E-state index >= 15 is 0 Å². The van der Waals surface area contributed by atoms with Crippen LogP contribution in [0, 0.1) is 13.8 Å². The van der Waals surface area contributed by atoms with Crippen LogP contribution < -0.4 is 4.74 Å². The van der Waals surface area contributed by atoms with Crippen molar-refractivity contribution < 1.29 is 37.9 Å². The number of hydrogen-bond acceptors (Lipinski definition) is 9. The summed E-state index contributed by atoms with van der Waals surface area (Å²) in [5.41, 5.74) is 12.6. The zero-order chi connectivity index (χ0) is 43.2. The van der Waals surface area contributed by atoms with Crippen molar-refractivity contribution in [2.45, 2.75) is 85.5 Å². The molecule has 3 aromatic carbocycles. The highest BCUT2D eigenvalue weighted by molar-refractivity contribution is 6.12. The third-order valence-corrected chi connectivity index (χ3v) is 10.9. The highest BCUT2D eigenvalue weighted by atomic mass is 16.6. The molecular formula is C52H68N2O8. The van der Waals surface area contributed by atoms with Crippen LogP contribution in [0.3, 0.4) is 0 Å². The van der Waals surface area contributed by atoms with Gasteiger partial charge < -0.3 is 42.9 Å². The minimum Gasteiger partial charge on any atom is -0.490 e. The maximum atomic E-state index is 6.72. The molecule has 0 spiro atoms. The van der Waals surface area contributed by atoms with Gasteiger partial charge in [-0.05, 0) is 109 Å². The van der Waals surface area contributed by atoms with Gasteiger partial charge in [-0.15, -0.1) is 0 Å². The van der Waals surface area contributed by atoms with Gasteiger partial charge in [-0.25, -0.2) is 4.99 Å². The molecule has 0 amide bonds. The highest BCUT2D eigenvalue weighted by Gasteiger charge is 2.22. The lowest BCUT2D eigenvalue weighted by atomic mass is 9.91. The Labute approximate surface area is 369 Å². The van der Waals surface area contributed by atoms with Gasteiger partial charge in [0.25, 0.3) is 0 Å². The molecule has 0 radical (unpaired) electrons. The van der Waals surface area contributed by atoms with Gasteiger partial charge in [0, 0.05) is 22.5 Å². The van der Waals surface area contributed by atoms with Gasteiger partial charge in [0.1, 0.15) is 5.75 Å². The lowest BCUT2D eigenvalue weighted by Gasteiger charge is -2.22. The second-order valence-corrected chi connectivity index (χ2v) is 15.9. The summed E-state index contributed by atoms with van der Waals surface area (Å²) in [7, 11) is 0. The van der Waals surface area contributed by atoms with Crippen LogP contribution >= 0.6 is 0 Å². The standard InChI is InChI=1S/C52H68N2O8/c1-5-7-15-45(16-8-6-2)62-46-33-39(3)51(40(4)34-46)52-49-19-17-47(53-49)43-13-9-11-41(35-43)37-60-31-29-58-27-25-56-23-21-55-22-24-57-26-28-59-30-32-61-38-42-12-10-14-44(36-42)48-18-20-50(52)54-48/h9-14,17-20,33-36,45,53H,5-8,15-16,21-32,37-38H2,1-4H3/b52-50-. The van der Waals surface area contributed by atoms with Crippen molar-refractivity contribution in [2.75, 3.05) is 79.3 Å². The first-order valence-electron chi connectivity index (χ1n) is 22.7. The molecule has 2 aliphatic heterocycles. The molecule has 0 unspecified atom stereocenters. The summed E-state index contributed by atoms with van der Waals surface area (Å²) in [4.78, 5) is 9.11. The van der Waals surface area contributed by atoms with E-state index in [1.54, 1.807) is 0 Å². The van der Waals surface area contributed by atoms with Crippen molar-refractivity contribution in [2.24, 2.45) is 4.99 Å². The number of aromatic amines is 1. The number of hydrogen-bond donors (Lipinski definition) is 1. The average Bonchev–Trinajstić information content (AvgIpc) is 3.98. The smallest absolute Gasteiger partial charge is 0.120 e. The number of aliphatic imine (C=N–C) groups is 1. The Bertz CT molecular complexity index is 2020. The molecule has 0 saturated carbocycles. The molecule has 10 heteroatoms. The summed E-state index contributed by atoms with van der Waals surface area (Å²) >= 11 is 0. The normalized spacial score (nSPS) is 18.3. The monoisotopic (exact) mass is 848 g/mol. The van der Waals surface area contributed by atoms with E-state index in [-0.39, 0.29) is 6.10 Å². The van der Waals surface area contributed by atoms with Crippen LogP contribution in [0.5, 0.6) is 5.75 Å². The van der Waals surface area contributed by atoms with Crippen LogP contribution in [-0.2, 0) is 46.4 Å². The Hall–Kier alpha value is -4.39. The molecule has 62 heavy (non-hydrogen) atoms. The number of nitrogens with zero attached hydrogens (tertiary/aromatic N) is 1. The van der Waals surface area contributed by atoms with Crippen molar-refractivity contribution in [3.8, 4) is 17.0 Å². The first-order valence-corrected chi connectivity index (χ1v) is 22.7. The summed E-state index contributed by atoms with van der Waals surface area (Å²) in [6, 6.07) is 25.7. The first kappa shape index (κ1) is 47.1. The number of nitrogens with one attached hydrogen (secondary N) is 1. The van der Waals surface area contributed by atoms with Gasteiger partial charge in [-0.3, -0.25) is 0 Å². The topological polar surface area (TPSA) is 102 Å². The van der Waals surface area contributed by atoms with Crippen LogP contribution in [0.1, 0.15) is 91.4 Å². The predicted octanol–water partition coefficient (Wildman–Crippen LogP) is 10.4. The van der Waals surface area contributed by atoms with Crippen LogP contribution in [0.2, 0.25) is 0 Å². The molecule has 8 bridgehead atoms. The number of aromatic nitrogens is 1. The number of benzene rings is 3. The van der Waals surface area contributed by atoms with E-state index < -0.39 is 0 Å². The molecular weight excluding hydrogens is 781 g/mol. The molecule has 0 fully saturated rings. The van der Waals surface area contributed by atoms with Gasteiger partial charge in [-0.1, -0.05) is 75.9 Å². The SMILES string of the molecule is CCCCC(CCCC)Oc1cc(C)c(/C2=C3/C=CC(=N3)c3cccc(c3)COCCOCCOCCOCCOCCOCCOCc3cccc(c3)-c3ccc2[nH]3)c(C)c1. The summed E-state index contributed by atoms with van der Waals surface area (Å²) in [6.07, 6.45) is 11.3. The summed E-state index contributed by atoms with van der Waals surface area (Å²) in [5.74, 6) is 0.934. The molecule has 0 saturated heterocycles. The van der Waals surface area contributed by atoms with E-state index in [0.29, 0.717) is 92.5 Å². The zero-order valence-corrected chi connectivity index (χ0v) is 37.5. The second-order valence-electron chi connectivity index (χ2n) is 15.9. The molecule has 4 aromatic rings. The van der Waals surface area contributed by atoms with E-state index in [4.69, 9.17) is 42.9 Å². The third kappa shape index (κ3) is 14.9. The fourth-order valence-corrected chi connectivity index (χ4v) is 7.72. The van der Waals surface area contributed by atoms with E-state index in [9.17, 15) is 0 Å². The lowest BCUT2D eigenvalue weighted by molar-refractivity contribution is -0.0217. The van der Waals surface area contributed by atoms with Crippen molar-refractivity contribution in [1.29, 1.82) is 0 Å². The molecule has 3 heterocycles. The van der Waals surface area contributed by atoms with Gasteiger partial charge in [-0.2, -0.15) is 0 Å². The Morgan fingerprint density at radius 1 is 0.565 bits per heavy atom. The average molecular weight is 849 g/mol. The van der Waals surface area contributed by atoms with Gasteiger partial charge in [0.2, 0.25) is 0 Å². The molecule has 334 valence electrons. The van der Waals surface area contributed by atoms with Gasteiger partial charge in [0.15, 0.2) is 0 Å². The van der Waals surface area contributed by atoms with Gasteiger partial charge in [0.05, 0.1) is 110 Å². The summed E-state index contributed by atoms with van der Waals surface area (Å²) < 4.78 is 47.0. The maximum Gasteiger partial charge on any atom is 0.120 e. The van der Waals surface area contributed by atoms with Crippen molar-refractivity contribution in [3.05, 3.63) is 130 Å². The number of allylic oxidation sites excluding steroid dienone is 2. The molecule has 10 nitrogen and oxygen atoms in total. The van der Waals surface area contributed by atoms with Crippen LogP contribution in [0.4, 0.5) is 0 Å². The van der Waals surface area contributed by atoms with E-state index in [1.165, 1.54) is 25.7 Å². The quantitative estimate of drug-likeness (QED) is 0.178. The Morgan fingerprint density at radius 2 is 1.05 bits per heavy atom. The highest BCUT2D eigenvalue weighted by Crippen LogP contribution is 2.38. The Kier molecular flexibility index (Phi) is 20.0. The van der Waals surface area contributed by atoms with Crippen molar-refractivity contribution >= 4 is 11.3 Å². The van der Waals surface area contributed by atoms with Crippen LogP contribution in [0.15, 0.2) is 95.6 Å². The minimum atomic E-state index is 0.219. The number of aryl methyl sites for hydroxylation is 2. The Morgan fingerprint density at radius 3 is 1.58 bits per heavy atom. The molecule has 0 atom stereocenters. The van der Waals surface area contributed by atoms with Gasteiger partial charge >= 0.3 is 0 Å². The number of rotatable bonds is 9. The second kappa shape index (κ2) is 26.3. The lowest BCUT2D eigenvalue weighted by Crippen LogP contribution is -2.17. The van der Waals surface area contributed by atoms with E-state index in [2.05, 4.69) is 118 Å². The number of unbranched alkanes of at least 4 members (excludes halogenated alkanes) is 2. The zero-order valence-electron chi connectivity index (χ0n) is 37.5. The predicted molar refractivity (Wildman–Crippen MR) is 247 cm³/mol. The maximum absolute atomic E-state index is 6.72. The van der Waals surface area contributed by atoms with Crippen molar-refractivity contribution in [3.63, 3.8) is 0 Å². The Balaban J connectivity index is 1.27. The molecule has 1 aromatic heterocycles. The molecule has 1 N–H and O–H groups in total. The number of H-pyrrole nitrogens is 1. The minimum absolute atomic E-state index is 0.219. The fourth-order valence-electron chi connectivity index (χ4n) is 7.72. The summed E-state index contributed by atoms with van der Waals surface area (Å²) in [6.45, 7) is 15.9. The van der Waals surface area contributed by atoms with Crippen molar-refractivity contribution in [1.82, 2.24) is 4.98 Å².